The zero-order valence-corrected chi connectivity index (χ0v) is 13.5. The van der Waals surface area contributed by atoms with E-state index in [9.17, 15) is 14.4 Å². The fraction of sp³-hybridized carbons (Fsp3) is 0.733. The Balaban J connectivity index is 2.49. The summed E-state index contributed by atoms with van der Waals surface area (Å²) in [5.41, 5.74) is 0. The van der Waals surface area contributed by atoms with Gasteiger partial charge in [0, 0.05) is 13.5 Å². The molecule has 8 nitrogen and oxygen atoms in total. The number of methoxy groups -OCH3 is 1. The number of hydrogen-bond donors (Lipinski definition) is 2. The van der Waals surface area contributed by atoms with Crippen molar-refractivity contribution in [3.05, 3.63) is 0 Å². The molecule has 1 aliphatic rings. The van der Waals surface area contributed by atoms with Crippen LogP contribution in [0.15, 0.2) is 0 Å². The van der Waals surface area contributed by atoms with E-state index in [4.69, 9.17) is 19.6 Å². The second kappa shape index (κ2) is 10.1. The second-order valence-electron chi connectivity index (χ2n) is 5.39. The van der Waals surface area contributed by atoms with Crippen LogP contribution in [0.4, 0.5) is 0 Å². The van der Waals surface area contributed by atoms with E-state index in [1.54, 1.807) is 6.92 Å². The molecule has 1 saturated carbocycles. The van der Waals surface area contributed by atoms with Crippen LogP contribution in [0.25, 0.3) is 0 Å². The number of esters is 1. The molecule has 0 radical (unpaired) electrons. The molecule has 8 heteroatoms. The van der Waals surface area contributed by atoms with Crippen LogP contribution in [0.3, 0.4) is 0 Å². The number of carbonyl (C=O) groups is 3. The van der Waals surface area contributed by atoms with E-state index in [0.717, 1.165) is 19.3 Å². The summed E-state index contributed by atoms with van der Waals surface area (Å²) in [5.74, 6) is -1.57. The van der Waals surface area contributed by atoms with E-state index < -0.39 is 29.8 Å². The lowest BCUT2D eigenvalue weighted by Gasteiger charge is -2.25. The number of amides is 1. The summed E-state index contributed by atoms with van der Waals surface area (Å²) in [4.78, 5) is 35.1. The molecular weight excluding hydrogens is 304 g/mol. The summed E-state index contributed by atoms with van der Waals surface area (Å²) in [6, 6.07) is -0.978. The molecule has 0 aromatic heterocycles. The van der Waals surface area contributed by atoms with Crippen LogP contribution in [0.1, 0.15) is 39.0 Å². The highest BCUT2D eigenvalue weighted by Crippen LogP contribution is 2.21. The van der Waals surface area contributed by atoms with Crippen LogP contribution in [0.2, 0.25) is 0 Å². The van der Waals surface area contributed by atoms with Crippen molar-refractivity contribution in [2.45, 2.75) is 57.3 Å². The lowest BCUT2D eigenvalue weighted by Crippen LogP contribution is -2.46. The Hall–Kier alpha value is -1.80. The minimum absolute atomic E-state index is 0.0333. The molecular formula is C15H24N2O6. The number of rotatable bonds is 11. The highest BCUT2D eigenvalue weighted by molar-refractivity contribution is 6.26. The molecule has 1 rings (SSSR count). The maximum absolute atomic E-state index is 12.1. The van der Waals surface area contributed by atoms with Crippen molar-refractivity contribution in [2.24, 2.45) is 0 Å². The van der Waals surface area contributed by atoms with Gasteiger partial charge in [-0.2, -0.15) is 0 Å². The second-order valence-corrected chi connectivity index (χ2v) is 5.39. The van der Waals surface area contributed by atoms with Gasteiger partial charge in [-0.1, -0.05) is 0 Å². The molecule has 1 fully saturated rings. The van der Waals surface area contributed by atoms with E-state index in [1.807, 2.05) is 0 Å². The maximum atomic E-state index is 12.1. The van der Waals surface area contributed by atoms with Crippen LogP contribution in [0, 0.1) is 5.41 Å². The fourth-order valence-electron chi connectivity index (χ4n) is 1.83. The van der Waals surface area contributed by atoms with Gasteiger partial charge in [0.15, 0.2) is 12.6 Å². The number of ether oxygens (including phenoxy) is 3. The smallest absolute Gasteiger partial charge is 0.330 e. The van der Waals surface area contributed by atoms with Gasteiger partial charge in [0.25, 0.3) is 0 Å². The van der Waals surface area contributed by atoms with Crippen LogP contribution < -0.4 is 5.32 Å². The number of nitrogens with one attached hydrogen (secondary N) is 2. The molecule has 0 unspecified atom stereocenters. The third-order valence-corrected chi connectivity index (χ3v) is 3.72. The summed E-state index contributed by atoms with van der Waals surface area (Å²) in [7, 11) is 1.38. The molecule has 2 N–H and O–H groups in total. The molecule has 0 aliphatic heterocycles. The third-order valence-electron chi connectivity index (χ3n) is 3.72. The summed E-state index contributed by atoms with van der Waals surface area (Å²) in [6.45, 7) is 1.37. The maximum Gasteiger partial charge on any atom is 0.330 e. The Kier molecular flexibility index (Phi) is 8.42. The molecule has 0 saturated heterocycles. The van der Waals surface area contributed by atoms with Gasteiger partial charge in [0.05, 0.1) is 12.3 Å². The molecule has 1 aliphatic carbocycles. The van der Waals surface area contributed by atoms with Gasteiger partial charge in [-0.15, -0.1) is 0 Å². The van der Waals surface area contributed by atoms with Gasteiger partial charge in [0.2, 0.25) is 5.91 Å². The Morgan fingerprint density at radius 3 is 2.57 bits per heavy atom. The molecule has 0 aromatic carbocycles. The summed E-state index contributed by atoms with van der Waals surface area (Å²) in [6.07, 6.45) is 3.12. The average molecular weight is 328 g/mol. The van der Waals surface area contributed by atoms with Gasteiger partial charge in [-0.05, 0) is 32.6 Å². The zero-order chi connectivity index (χ0) is 17.2. The van der Waals surface area contributed by atoms with Crippen LogP contribution in [0.5, 0.6) is 0 Å². The Labute approximate surface area is 135 Å². The van der Waals surface area contributed by atoms with Crippen molar-refractivity contribution in [2.75, 3.05) is 13.9 Å². The first-order chi connectivity index (χ1) is 11.0. The Morgan fingerprint density at radius 1 is 1.35 bits per heavy atom. The zero-order valence-electron chi connectivity index (χ0n) is 13.5. The first-order valence-corrected chi connectivity index (χ1v) is 7.62. The van der Waals surface area contributed by atoms with E-state index in [-0.39, 0.29) is 25.7 Å². The normalized spacial score (nSPS) is 16.8. The fourth-order valence-corrected chi connectivity index (χ4v) is 1.83. The average Bonchev–Trinajstić information content (AvgIpc) is 2.51. The minimum atomic E-state index is -0.978. The molecule has 0 spiro atoms. The standard InChI is InChI=1S/C15H24N2O6/c1-10(21-2)14(19)17-13(7-6-11(18)8-16)15(20)23-9-22-12-4-3-5-12/h8,10,12-13,16H,3-7,9H2,1-2H3,(H,17,19)/t10-,13-/m0/s1. The Morgan fingerprint density at radius 2 is 2.04 bits per heavy atom. The van der Waals surface area contributed by atoms with Gasteiger partial charge >= 0.3 is 5.97 Å². The molecule has 0 bridgehead atoms. The van der Waals surface area contributed by atoms with Gasteiger partial charge in [-0.3, -0.25) is 9.59 Å². The first kappa shape index (κ1) is 19.2. The topological polar surface area (TPSA) is 115 Å². The van der Waals surface area contributed by atoms with E-state index in [2.05, 4.69) is 5.32 Å². The van der Waals surface area contributed by atoms with Gasteiger partial charge in [-0.25, -0.2) is 4.79 Å². The van der Waals surface area contributed by atoms with Crippen molar-refractivity contribution >= 4 is 23.9 Å². The van der Waals surface area contributed by atoms with Crippen molar-refractivity contribution in [3.8, 4) is 0 Å². The molecule has 23 heavy (non-hydrogen) atoms. The first-order valence-electron chi connectivity index (χ1n) is 7.62. The van der Waals surface area contributed by atoms with Crippen molar-refractivity contribution in [1.29, 1.82) is 5.41 Å². The molecule has 130 valence electrons. The van der Waals surface area contributed by atoms with Crippen molar-refractivity contribution in [3.63, 3.8) is 0 Å². The predicted octanol–water partition coefficient (Wildman–Crippen LogP) is 0.575. The van der Waals surface area contributed by atoms with E-state index in [1.165, 1.54) is 7.11 Å². The molecule has 1 amide bonds. The number of Topliss-reactive ketones (excluding diaryl/α,β-unsaturated/α-hetero) is 1. The highest BCUT2D eigenvalue weighted by atomic mass is 16.7. The summed E-state index contributed by atoms with van der Waals surface area (Å²) >= 11 is 0. The highest BCUT2D eigenvalue weighted by Gasteiger charge is 2.26. The predicted molar refractivity (Wildman–Crippen MR) is 81.1 cm³/mol. The monoisotopic (exact) mass is 328 g/mol. The number of carbonyl (C=O) groups excluding carboxylic acids is 3. The largest absolute Gasteiger partial charge is 0.437 e. The number of ketones is 1. The van der Waals surface area contributed by atoms with Crippen molar-refractivity contribution in [1.82, 2.24) is 5.32 Å². The van der Waals surface area contributed by atoms with Crippen LogP contribution in [-0.2, 0) is 28.6 Å². The molecule has 0 aromatic rings. The lowest BCUT2D eigenvalue weighted by atomic mass is 9.96. The summed E-state index contributed by atoms with van der Waals surface area (Å²) in [5, 5.41) is 9.36. The van der Waals surface area contributed by atoms with E-state index in [0.29, 0.717) is 6.21 Å². The summed E-state index contributed by atoms with van der Waals surface area (Å²) < 4.78 is 15.2. The number of hydrogen-bond acceptors (Lipinski definition) is 7. The van der Waals surface area contributed by atoms with E-state index >= 15 is 0 Å². The van der Waals surface area contributed by atoms with Gasteiger partial charge in [0.1, 0.15) is 12.1 Å². The van der Waals surface area contributed by atoms with Crippen LogP contribution >= 0.6 is 0 Å². The van der Waals surface area contributed by atoms with Gasteiger partial charge < -0.3 is 24.9 Å². The molecule has 0 heterocycles. The van der Waals surface area contributed by atoms with Crippen LogP contribution in [-0.4, -0.2) is 56.0 Å². The molecule has 2 atom stereocenters. The quantitative estimate of drug-likeness (QED) is 0.326. The Bertz CT molecular complexity index is 436. The third kappa shape index (κ3) is 6.87. The SMILES string of the molecule is CO[C@@H](C)C(=O)N[C@@H](CCC(=O)C=N)C(=O)OCOC1CCC1. The van der Waals surface area contributed by atoms with Crippen molar-refractivity contribution < 1.29 is 28.6 Å². The minimum Gasteiger partial charge on any atom is -0.437 e. The lowest BCUT2D eigenvalue weighted by molar-refractivity contribution is -0.168.